The van der Waals surface area contributed by atoms with Gasteiger partial charge in [0.25, 0.3) is 0 Å². The number of ether oxygens (including phenoxy) is 2. The Morgan fingerprint density at radius 1 is 1.30 bits per heavy atom. The second kappa shape index (κ2) is 9.20. The smallest absolute Gasteiger partial charge is 0.193 e. The number of hydrogen-bond donors (Lipinski definition) is 1. The van der Waals surface area contributed by atoms with Crippen molar-refractivity contribution in [2.24, 2.45) is 10.9 Å². The van der Waals surface area contributed by atoms with Gasteiger partial charge in [-0.1, -0.05) is 13.0 Å². The van der Waals surface area contributed by atoms with E-state index in [2.05, 4.69) is 35.2 Å². The number of likely N-dealkylation sites (N-methyl/N-ethyl adjacent to an activating group) is 1. The number of benzene rings is 1. The summed E-state index contributed by atoms with van der Waals surface area (Å²) in [5, 5.41) is 3.50. The van der Waals surface area contributed by atoms with E-state index in [1.165, 1.54) is 12.0 Å². The third-order valence-corrected chi connectivity index (χ3v) is 4.18. The van der Waals surface area contributed by atoms with Crippen molar-refractivity contribution in [3.05, 3.63) is 23.8 Å². The summed E-state index contributed by atoms with van der Waals surface area (Å²) in [4.78, 5) is 6.53. The topological polar surface area (TPSA) is 46.1 Å². The Balaban J connectivity index is 0.00000264. The Morgan fingerprint density at radius 2 is 1.96 bits per heavy atom. The van der Waals surface area contributed by atoms with Gasteiger partial charge in [-0.05, 0) is 36.5 Å². The fourth-order valence-corrected chi connectivity index (χ4v) is 2.47. The minimum Gasteiger partial charge on any atom is -0.493 e. The van der Waals surface area contributed by atoms with Crippen LogP contribution in [0.5, 0.6) is 11.5 Å². The van der Waals surface area contributed by atoms with Crippen LogP contribution in [0.25, 0.3) is 0 Å². The Labute approximate surface area is 156 Å². The minimum atomic E-state index is 0. The lowest BCUT2D eigenvalue weighted by atomic mass is 10.1. The van der Waals surface area contributed by atoms with Gasteiger partial charge in [0.15, 0.2) is 17.5 Å². The summed E-state index contributed by atoms with van der Waals surface area (Å²) in [6.07, 6.45) is 2.17. The second-order valence-electron chi connectivity index (χ2n) is 5.87. The molecular weight excluding hydrogens is 405 g/mol. The Kier molecular flexibility index (Phi) is 7.94. The molecular formula is C17H28IN3O2. The van der Waals surface area contributed by atoms with Gasteiger partial charge in [0.1, 0.15) is 0 Å². The molecule has 2 atom stereocenters. The number of methoxy groups -OCH3 is 2. The summed E-state index contributed by atoms with van der Waals surface area (Å²) >= 11 is 0. The number of nitrogens with zero attached hydrogens (tertiary/aromatic N) is 2. The highest BCUT2D eigenvalue weighted by Gasteiger charge is 2.33. The Morgan fingerprint density at radius 3 is 2.48 bits per heavy atom. The maximum atomic E-state index is 5.35. The van der Waals surface area contributed by atoms with Crippen molar-refractivity contribution in [1.29, 1.82) is 0 Å². The summed E-state index contributed by atoms with van der Waals surface area (Å²) in [5.41, 5.74) is 1.22. The van der Waals surface area contributed by atoms with E-state index in [0.29, 0.717) is 6.04 Å². The maximum absolute atomic E-state index is 5.35. The summed E-state index contributed by atoms with van der Waals surface area (Å²) in [5.74, 6) is 3.27. The molecule has 1 N–H and O–H groups in total. The largest absolute Gasteiger partial charge is 0.493 e. The van der Waals surface area contributed by atoms with E-state index in [1.54, 1.807) is 14.2 Å². The molecule has 1 fully saturated rings. The molecule has 1 aliphatic rings. The van der Waals surface area contributed by atoms with Crippen molar-refractivity contribution >= 4 is 29.9 Å². The summed E-state index contributed by atoms with van der Waals surface area (Å²) in [6, 6.07) is 6.65. The van der Waals surface area contributed by atoms with E-state index >= 15 is 0 Å². The zero-order valence-electron chi connectivity index (χ0n) is 14.6. The van der Waals surface area contributed by atoms with Crippen LogP contribution < -0.4 is 14.8 Å². The molecule has 0 amide bonds. The van der Waals surface area contributed by atoms with Crippen molar-refractivity contribution in [2.45, 2.75) is 25.8 Å². The number of aliphatic imine (C=N–C) groups is 1. The molecule has 0 saturated heterocycles. The molecule has 23 heavy (non-hydrogen) atoms. The van der Waals surface area contributed by atoms with Gasteiger partial charge in [0, 0.05) is 26.7 Å². The van der Waals surface area contributed by atoms with E-state index in [1.807, 2.05) is 19.2 Å². The van der Waals surface area contributed by atoms with Crippen LogP contribution >= 0.6 is 24.0 Å². The molecule has 1 aromatic rings. The number of guanidine groups is 1. The zero-order chi connectivity index (χ0) is 16.1. The molecule has 2 unspecified atom stereocenters. The first-order chi connectivity index (χ1) is 10.6. The van der Waals surface area contributed by atoms with E-state index in [0.717, 1.165) is 36.3 Å². The van der Waals surface area contributed by atoms with Crippen LogP contribution in [0.2, 0.25) is 0 Å². The first kappa shape index (κ1) is 19.9. The fraction of sp³-hybridized carbons (Fsp3) is 0.588. The molecule has 0 aliphatic heterocycles. The van der Waals surface area contributed by atoms with E-state index in [-0.39, 0.29) is 24.0 Å². The zero-order valence-corrected chi connectivity index (χ0v) is 17.0. The molecule has 1 aromatic carbocycles. The quantitative estimate of drug-likeness (QED) is 0.426. The van der Waals surface area contributed by atoms with Gasteiger partial charge in [-0.3, -0.25) is 4.99 Å². The molecule has 1 saturated carbocycles. The summed E-state index contributed by atoms with van der Waals surface area (Å²) in [7, 11) is 7.22. The summed E-state index contributed by atoms with van der Waals surface area (Å²) < 4.78 is 10.6. The lowest BCUT2D eigenvalue weighted by molar-refractivity contribution is 0.354. The molecule has 0 bridgehead atoms. The van der Waals surface area contributed by atoms with E-state index in [4.69, 9.17) is 9.47 Å². The van der Waals surface area contributed by atoms with Crippen LogP contribution in [-0.4, -0.2) is 51.8 Å². The van der Waals surface area contributed by atoms with Gasteiger partial charge in [-0.25, -0.2) is 0 Å². The van der Waals surface area contributed by atoms with Gasteiger partial charge >= 0.3 is 0 Å². The normalized spacial score (nSPS) is 19.6. The Bertz CT molecular complexity index is 537. The number of nitrogens with one attached hydrogen (secondary N) is 1. The van der Waals surface area contributed by atoms with Crippen molar-refractivity contribution < 1.29 is 9.47 Å². The van der Waals surface area contributed by atoms with Crippen LogP contribution in [0.1, 0.15) is 18.9 Å². The van der Waals surface area contributed by atoms with Crippen LogP contribution in [0.15, 0.2) is 23.2 Å². The number of rotatable bonds is 6. The molecule has 6 heteroatoms. The van der Waals surface area contributed by atoms with Gasteiger partial charge in [-0.15, -0.1) is 24.0 Å². The minimum absolute atomic E-state index is 0. The van der Waals surface area contributed by atoms with Crippen molar-refractivity contribution in [1.82, 2.24) is 10.2 Å². The average Bonchev–Trinajstić information content (AvgIpc) is 3.24. The van der Waals surface area contributed by atoms with E-state index < -0.39 is 0 Å². The third kappa shape index (κ3) is 5.44. The maximum Gasteiger partial charge on any atom is 0.193 e. The molecule has 0 aromatic heterocycles. The van der Waals surface area contributed by atoms with Gasteiger partial charge in [-0.2, -0.15) is 0 Å². The van der Waals surface area contributed by atoms with E-state index in [9.17, 15) is 0 Å². The first-order valence-electron chi connectivity index (χ1n) is 7.74. The monoisotopic (exact) mass is 433 g/mol. The standard InChI is InChI=1S/C17H27N3O2.HI/c1-12-10-14(12)19-17(18-2)20(3)9-8-13-6-7-15(21-4)16(11-13)22-5;/h6-7,11-12,14H,8-10H2,1-5H3,(H,18,19);1H. The lowest BCUT2D eigenvalue weighted by Crippen LogP contribution is -2.41. The molecule has 0 spiro atoms. The highest BCUT2D eigenvalue weighted by atomic mass is 127. The number of hydrogen-bond acceptors (Lipinski definition) is 3. The molecule has 0 radical (unpaired) electrons. The van der Waals surface area contributed by atoms with Crippen molar-refractivity contribution in [3.63, 3.8) is 0 Å². The van der Waals surface area contributed by atoms with Gasteiger partial charge < -0.3 is 19.7 Å². The van der Waals surface area contributed by atoms with Gasteiger partial charge in [0.05, 0.1) is 14.2 Å². The molecule has 130 valence electrons. The third-order valence-electron chi connectivity index (χ3n) is 4.18. The molecule has 1 aliphatic carbocycles. The first-order valence-corrected chi connectivity index (χ1v) is 7.74. The molecule has 0 heterocycles. The lowest BCUT2D eigenvalue weighted by Gasteiger charge is -2.22. The van der Waals surface area contributed by atoms with Crippen LogP contribution in [0.4, 0.5) is 0 Å². The molecule has 2 rings (SSSR count). The predicted octanol–water partition coefficient (Wildman–Crippen LogP) is 2.78. The summed E-state index contributed by atoms with van der Waals surface area (Å²) in [6.45, 7) is 3.16. The number of halogens is 1. The SMILES string of the molecule is CN=C(NC1CC1C)N(C)CCc1ccc(OC)c(OC)c1.I. The van der Waals surface area contributed by atoms with Crippen LogP contribution in [0, 0.1) is 5.92 Å². The Hall–Kier alpha value is -1.18. The molecule has 5 nitrogen and oxygen atoms in total. The average molecular weight is 433 g/mol. The van der Waals surface area contributed by atoms with Crippen LogP contribution in [0.3, 0.4) is 0 Å². The van der Waals surface area contributed by atoms with Crippen molar-refractivity contribution in [2.75, 3.05) is 34.9 Å². The highest BCUT2D eigenvalue weighted by Crippen LogP contribution is 2.29. The predicted molar refractivity (Wildman–Crippen MR) is 105 cm³/mol. The van der Waals surface area contributed by atoms with Crippen LogP contribution in [-0.2, 0) is 6.42 Å². The van der Waals surface area contributed by atoms with Crippen molar-refractivity contribution in [3.8, 4) is 11.5 Å². The van der Waals surface area contributed by atoms with Gasteiger partial charge in [0.2, 0.25) is 0 Å². The second-order valence-corrected chi connectivity index (χ2v) is 5.87. The fourth-order valence-electron chi connectivity index (χ4n) is 2.47. The highest BCUT2D eigenvalue weighted by molar-refractivity contribution is 14.0.